The first-order valence-corrected chi connectivity index (χ1v) is 10.3. The average molecular weight is 350 g/mol. The van der Waals surface area contributed by atoms with Crippen LogP contribution in [0.1, 0.15) is 58.8 Å². The van der Waals surface area contributed by atoms with Crippen LogP contribution in [0.4, 0.5) is 0 Å². The van der Waals surface area contributed by atoms with E-state index in [1.807, 2.05) is 0 Å². The summed E-state index contributed by atoms with van der Waals surface area (Å²) in [5.41, 5.74) is 0. The standard InChI is InChI=1S/C20H35N3O2/c1-16(2)14-20(25)22-12-5-17(6-13-22)15-21-10-7-18(8-11-21)23-9-3-4-19(23)24/h16-18H,3-15H2,1-2H3. The minimum atomic E-state index is 0.338. The molecule has 25 heavy (non-hydrogen) atoms. The largest absolute Gasteiger partial charge is 0.343 e. The zero-order chi connectivity index (χ0) is 17.8. The summed E-state index contributed by atoms with van der Waals surface area (Å²) in [5.74, 6) is 1.89. The van der Waals surface area contributed by atoms with E-state index in [2.05, 4.69) is 28.5 Å². The van der Waals surface area contributed by atoms with E-state index in [1.54, 1.807) is 0 Å². The Hall–Kier alpha value is -1.10. The molecule has 0 aromatic rings. The molecule has 3 fully saturated rings. The SMILES string of the molecule is CC(C)CC(=O)N1CCC(CN2CCC(N3CCCC3=O)CC2)CC1. The first-order chi connectivity index (χ1) is 12.0. The Kier molecular flexibility index (Phi) is 6.37. The Balaban J connectivity index is 1.36. The maximum Gasteiger partial charge on any atom is 0.222 e. The van der Waals surface area contributed by atoms with Crippen LogP contribution in [0.3, 0.4) is 0 Å². The number of hydrogen-bond acceptors (Lipinski definition) is 3. The third-order valence-electron chi connectivity index (χ3n) is 6.17. The molecule has 5 heteroatoms. The second-order valence-corrected chi connectivity index (χ2v) is 8.64. The summed E-state index contributed by atoms with van der Waals surface area (Å²) in [6.45, 7) is 10.5. The molecule has 5 nitrogen and oxygen atoms in total. The van der Waals surface area contributed by atoms with Gasteiger partial charge in [-0.3, -0.25) is 9.59 Å². The molecule has 0 saturated carbocycles. The van der Waals surface area contributed by atoms with E-state index in [-0.39, 0.29) is 0 Å². The van der Waals surface area contributed by atoms with Gasteiger partial charge in [0.15, 0.2) is 0 Å². The fourth-order valence-electron chi connectivity index (χ4n) is 4.68. The van der Waals surface area contributed by atoms with Gasteiger partial charge in [-0.2, -0.15) is 0 Å². The van der Waals surface area contributed by atoms with Crippen LogP contribution in [-0.2, 0) is 9.59 Å². The molecule has 0 aliphatic carbocycles. The quantitative estimate of drug-likeness (QED) is 0.765. The van der Waals surface area contributed by atoms with Crippen molar-refractivity contribution in [2.75, 3.05) is 39.3 Å². The number of likely N-dealkylation sites (tertiary alicyclic amines) is 3. The second-order valence-electron chi connectivity index (χ2n) is 8.64. The third-order valence-corrected chi connectivity index (χ3v) is 6.17. The summed E-state index contributed by atoms with van der Waals surface area (Å²) in [7, 11) is 0. The fraction of sp³-hybridized carbons (Fsp3) is 0.900. The van der Waals surface area contributed by atoms with Gasteiger partial charge in [-0.05, 0) is 43.9 Å². The van der Waals surface area contributed by atoms with Crippen LogP contribution in [0.2, 0.25) is 0 Å². The van der Waals surface area contributed by atoms with E-state index < -0.39 is 0 Å². The van der Waals surface area contributed by atoms with Gasteiger partial charge in [0.05, 0.1) is 0 Å². The molecule has 3 rings (SSSR count). The molecule has 0 atom stereocenters. The molecule has 3 heterocycles. The van der Waals surface area contributed by atoms with E-state index in [4.69, 9.17) is 0 Å². The van der Waals surface area contributed by atoms with Gasteiger partial charge in [0.1, 0.15) is 0 Å². The fourth-order valence-corrected chi connectivity index (χ4v) is 4.68. The van der Waals surface area contributed by atoms with E-state index in [1.165, 1.54) is 6.54 Å². The lowest BCUT2D eigenvalue weighted by Gasteiger charge is -2.40. The molecule has 0 bridgehead atoms. The topological polar surface area (TPSA) is 43.9 Å². The molecular weight excluding hydrogens is 314 g/mol. The number of carbonyl (C=O) groups excluding carboxylic acids is 2. The Bertz CT molecular complexity index is 464. The predicted octanol–water partition coefficient (Wildman–Crippen LogP) is 2.36. The monoisotopic (exact) mass is 349 g/mol. The lowest BCUT2D eigenvalue weighted by molar-refractivity contribution is -0.133. The predicted molar refractivity (Wildman–Crippen MR) is 99.2 cm³/mol. The van der Waals surface area contributed by atoms with Gasteiger partial charge >= 0.3 is 0 Å². The smallest absolute Gasteiger partial charge is 0.222 e. The van der Waals surface area contributed by atoms with E-state index in [0.29, 0.717) is 30.2 Å². The van der Waals surface area contributed by atoms with E-state index in [9.17, 15) is 9.59 Å². The summed E-state index contributed by atoms with van der Waals surface area (Å²) in [5, 5.41) is 0. The highest BCUT2D eigenvalue weighted by molar-refractivity contribution is 5.78. The molecule has 0 unspecified atom stereocenters. The normalized spacial score (nSPS) is 24.5. The Morgan fingerprint density at radius 1 is 1.04 bits per heavy atom. The van der Waals surface area contributed by atoms with Crippen LogP contribution >= 0.6 is 0 Å². The lowest BCUT2D eigenvalue weighted by Crippen LogP contribution is -2.47. The number of piperidine rings is 2. The highest BCUT2D eigenvalue weighted by Crippen LogP contribution is 2.25. The van der Waals surface area contributed by atoms with Crippen molar-refractivity contribution in [3.63, 3.8) is 0 Å². The number of nitrogens with zero attached hydrogens (tertiary/aromatic N) is 3. The minimum Gasteiger partial charge on any atom is -0.343 e. The summed E-state index contributed by atoms with van der Waals surface area (Å²) in [6, 6.07) is 0.488. The number of amides is 2. The van der Waals surface area contributed by atoms with Gasteiger partial charge in [0.2, 0.25) is 11.8 Å². The minimum absolute atomic E-state index is 0.338. The molecule has 0 spiro atoms. The summed E-state index contributed by atoms with van der Waals surface area (Å²) >= 11 is 0. The maximum absolute atomic E-state index is 12.2. The molecule has 3 aliphatic heterocycles. The van der Waals surface area contributed by atoms with Crippen LogP contribution in [-0.4, -0.2) is 71.8 Å². The first-order valence-electron chi connectivity index (χ1n) is 10.3. The van der Waals surface area contributed by atoms with Crippen LogP contribution in [0.25, 0.3) is 0 Å². The van der Waals surface area contributed by atoms with Crippen molar-refractivity contribution in [1.82, 2.24) is 14.7 Å². The maximum atomic E-state index is 12.2. The van der Waals surface area contributed by atoms with Gasteiger partial charge < -0.3 is 14.7 Å². The summed E-state index contributed by atoms with van der Waals surface area (Å²) in [4.78, 5) is 30.9. The molecule has 3 aliphatic rings. The van der Waals surface area contributed by atoms with Crippen molar-refractivity contribution < 1.29 is 9.59 Å². The average Bonchev–Trinajstić information content (AvgIpc) is 3.02. The lowest BCUT2D eigenvalue weighted by atomic mass is 9.94. The summed E-state index contributed by atoms with van der Waals surface area (Å²) in [6.07, 6.45) is 7.06. The first kappa shape index (κ1) is 18.7. The molecule has 0 N–H and O–H groups in total. The summed E-state index contributed by atoms with van der Waals surface area (Å²) < 4.78 is 0. The highest BCUT2D eigenvalue weighted by Gasteiger charge is 2.31. The zero-order valence-electron chi connectivity index (χ0n) is 16.1. The number of carbonyl (C=O) groups is 2. The van der Waals surface area contributed by atoms with Crippen molar-refractivity contribution in [2.45, 2.75) is 64.8 Å². The van der Waals surface area contributed by atoms with Crippen LogP contribution < -0.4 is 0 Å². The molecule has 0 radical (unpaired) electrons. The second kappa shape index (κ2) is 8.52. The molecule has 3 saturated heterocycles. The van der Waals surface area contributed by atoms with Crippen LogP contribution in [0.15, 0.2) is 0 Å². The Morgan fingerprint density at radius 2 is 1.72 bits per heavy atom. The van der Waals surface area contributed by atoms with Crippen molar-refractivity contribution in [3.05, 3.63) is 0 Å². The van der Waals surface area contributed by atoms with Crippen molar-refractivity contribution in [1.29, 1.82) is 0 Å². The third kappa shape index (κ3) is 4.96. The van der Waals surface area contributed by atoms with Gasteiger partial charge in [-0.15, -0.1) is 0 Å². The molecule has 2 amide bonds. The number of hydrogen-bond donors (Lipinski definition) is 0. The van der Waals surface area contributed by atoms with Crippen molar-refractivity contribution >= 4 is 11.8 Å². The van der Waals surface area contributed by atoms with E-state index in [0.717, 1.165) is 77.2 Å². The van der Waals surface area contributed by atoms with Crippen LogP contribution in [0.5, 0.6) is 0 Å². The van der Waals surface area contributed by atoms with Gasteiger partial charge in [-0.1, -0.05) is 13.8 Å². The highest BCUT2D eigenvalue weighted by atomic mass is 16.2. The van der Waals surface area contributed by atoms with Crippen LogP contribution in [0, 0.1) is 11.8 Å². The molecular formula is C20H35N3O2. The number of rotatable bonds is 5. The zero-order valence-corrected chi connectivity index (χ0v) is 16.1. The van der Waals surface area contributed by atoms with Gasteiger partial charge in [-0.25, -0.2) is 0 Å². The van der Waals surface area contributed by atoms with Crippen molar-refractivity contribution in [3.8, 4) is 0 Å². The molecule has 0 aromatic carbocycles. The Morgan fingerprint density at radius 3 is 2.28 bits per heavy atom. The van der Waals surface area contributed by atoms with E-state index >= 15 is 0 Å². The molecule has 142 valence electrons. The van der Waals surface area contributed by atoms with Crippen molar-refractivity contribution in [2.24, 2.45) is 11.8 Å². The van der Waals surface area contributed by atoms with Gasteiger partial charge in [0.25, 0.3) is 0 Å². The van der Waals surface area contributed by atoms with Gasteiger partial charge in [0, 0.05) is 58.2 Å². The molecule has 0 aromatic heterocycles. The Labute approximate surface area is 152 Å².